The van der Waals surface area contributed by atoms with Gasteiger partial charge in [-0.15, -0.1) is 11.8 Å². The van der Waals surface area contributed by atoms with Crippen molar-refractivity contribution in [2.75, 3.05) is 19.7 Å². The van der Waals surface area contributed by atoms with Crippen LogP contribution in [-0.4, -0.2) is 74.3 Å². The van der Waals surface area contributed by atoms with E-state index in [1.165, 1.54) is 6.42 Å². The summed E-state index contributed by atoms with van der Waals surface area (Å²) in [6, 6.07) is -0.382. The van der Waals surface area contributed by atoms with Crippen LogP contribution >= 0.6 is 27.7 Å². The number of nitrogens with zero attached hydrogens (tertiary/aromatic N) is 1. The van der Waals surface area contributed by atoms with E-state index in [1.807, 2.05) is 6.92 Å². The molecule has 3 saturated heterocycles. The zero-order chi connectivity index (χ0) is 22.9. The van der Waals surface area contributed by atoms with E-state index in [0.29, 0.717) is 25.9 Å². The highest BCUT2D eigenvalue weighted by Gasteiger charge is 2.75. The van der Waals surface area contributed by atoms with Gasteiger partial charge >= 0.3 is 0 Å². The predicted octanol–water partition coefficient (Wildman–Crippen LogP) is 2.20. The van der Waals surface area contributed by atoms with E-state index < -0.39 is 22.6 Å². The van der Waals surface area contributed by atoms with Crippen molar-refractivity contribution in [3.8, 4) is 0 Å². The lowest BCUT2D eigenvalue weighted by molar-refractivity contribution is -0.140. The number of carbonyl (C=O) groups is 3. The molecule has 4 fully saturated rings. The molecule has 3 amide bonds. The van der Waals surface area contributed by atoms with Crippen LogP contribution in [0.15, 0.2) is 0 Å². The lowest BCUT2D eigenvalue weighted by Gasteiger charge is -2.36. The van der Waals surface area contributed by atoms with Crippen LogP contribution in [0.2, 0.25) is 0 Å². The number of hydrogen-bond donors (Lipinski definition) is 3. The van der Waals surface area contributed by atoms with Gasteiger partial charge in [-0.2, -0.15) is 0 Å². The Morgan fingerprint density at radius 2 is 1.97 bits per heavy atom. The lowest BCUT2D eigenvalue weighted by Crippen LogP contribution is -2.56. The summed E-state index contributed by atoms with van der Waals surface area (Å²) in [6.07, 6.45) is 8.26. The SMILES string of the molecule is CCCNC(=O)[C@H]1[C@@H]2SC3(CC2Br)C(C(=O)NC2CCCCC2)N(CCCCO)C(=O)[C@H]13. The molecule has 2 bridgehead atoms. The molecule has 1 saturated carbocycles. The number of thioether (sulfide) groups is 1. The molecule has 0 aromatic carbocycles. The van der Waals surface area contributed by atoms with Crippen molar-refractivity contribution < 1.29 is 19.5 Å². The van der Waals surface area contributed by atoms with E-state index in [9.17, 15) is 19.5 Å². The Bertz CT molecular complexity index is 734. The molecule has 7 nitrogen and oxygen atoms in total. The number of unbranched alkanes of at least 4 members (excludes halogenated alkanes) is 1. The van der Waals surface area contributed by atoms with Gasteiger partial charge in [-0.25, -0.2) is 0 Å². The molecule has 4 aliphatic rings. The molecule has 0 aromatic heterocycles. The minimum atomic E-state index is -0.567. The first-order valence-corrected chi connectivity index (χ1v) is 14.1. The van der Waals surface area contributed by atoms with Crippen molar-refractivity contribution in [2.24, 2.45) is 11.8 Å². The first-order valence-electron chi connectivity index (χ1n) is 12.3. The van der Waals surface area contributed by atoms with E-state index in [-0.39, 0.29) is 40.4 Å². The average molecular weight is 531 g/mol. The molecule has 3 heterocycles. The summed E-state index contributed by atoms with van der Waals surface area (Å²) in [5.74, 6) is -1.04. The third kappa shape index (κ3) is 4.22. The molecular weight excluding hydrogens is 494 g/mol. The normalized spacial score (nSPS) is 36.4. The monoisotopic (exact) mass is 529 g/mol. The minimum absolute atomic E-state index is 0.00498. The van der Waals surface area contributed by atoms with Gasteiger partial charge in [0.05, 0.1) is 16.6 Å². The number of fused-ring (bicyclic) bond motifs is 1. The van der Waals surface area contributed by atoms with Crippen LogP contribution in [0.4, 0.5) is 0 Å². The first-order chi connectivity index (χ1) is 15.4. The molecular formula is C23H36BrN3O4S. The van der Waals surface area contributed by atoms with Crippen LogP contribution in [0.25, 0.3) is 0 Å². The molecule has 3 aliphatic heterocycles. The third-order valence-corrected chi connectivity index (χ3v) is 10.9. The van der Waals surface area contributed by atoms with Crippen LogP contribution in [0.3, 0.4) is 0 Å². The zero-order valence-electron chi connectivity index (χ0n) is 18.9. The molecule has 32 heavy (non-hydrogen) atoms. The number of likely N-dealkylation sites (tertiary alicyclic amines) is 1. The highest BCUT2D eigenvalue weighted by molar-refractivity contribution is 9.09. The number of carbonyl (C=O) groups excluding carboxylic acids is 3. The maximum atomic E-state index is 13.7. The fraction of sp³-hybridized carbons (Fsp3) is 0.870. The Labute approximate surface area is 203 Å². The third-order valence-electron chi connectivity index (χ3n) is 7.65. The number of amides is 3. The molecule has 9 heteroatoms. The number of aliphatic hydroxyl groups excluding tert-OH is 1. The van der Waals surface area contributed by atoms with Gasteiger partial charge in [0.25, 0.3) is 0 Å². The summed E-state index contributed by atoms with van der Waals surface area (Å²) < 4.78 is -0.567. The maximum absolute atomic E-state index is 13.7. The highest BCUT2D eigenvalue weighted by Crippen LogP contribution is 2.67. The second-order valence-electron chi connectivity index (χ2n) is 9.76. The van der Waals surface area contributed by atoms with Crippen LogP contribution < -0.4 is 10.6 Å². The van der Waals surface area contributed by atoms with Gasteiger partial charge < -0.3 is 20.6 Å². The summed E-state index contributed by atoms with van der Waals surface area (Å²) >= 11 is 5.48. The molecule has 3 N–H and O–H groups in total. The van der Waals surface area contributed by atoms with Gasteiger partial charge in [-0.05, 0) is 38.5 Å². The standard InChI is InChI=1S/C23H36BrN3O4S/c1-2-10-25-20(29)16-17-22(31)27(11-6-7-12-28)19(23(17)13-15(24)18(16)32-23)21(30)26-14-8-4-3-5-9-14/h14-19,28H,2-13H2,1H3,(H,25,29)(H,26,30)/t15?,16-,17+,18-,19?,23?/m1/s1. The second kappa shape index (κ2) is 10.2. The molecule has 1 spiro atoms. The molecule has 6 atom stereocenters. The summed E-state index contributed by atoms with van der Waals surface area (Å²) in [6.45, 7) is 3.12. The van der Waals surface area contributed by atoms with Crippen LogP contribution in [0.5, 0.6) is 0 Å². The highest BCUT2D eigenvalue weighted by atomic mass is 79.9. The van der Waals surface area contributed by atoms with Crippen LogP contribution in [0.1, 0.15) is 64.7 Å². The number of rotatable bonds is 9. The van der Waals surface area contributed by atoms with Crippen molar-refractivity contribution in [1.29, 1.82) is 0 Å². The fourth-order valence-corrected chi connectivity index (χ4v) is 9.87. The summed E-state index contributed by atoms with van der Waals surface area (Å²) in [5.41, 5.74) is 0. The predicted molar refractivity (Wildman–Crippen MR) is 129 cm³/mol. The molecule has 180 valence electrons. The Kier molecular flexibility index (Phi) is 7.77. The van der Waals surface area contributed by atoms with Crippen LogP contribution in [-0.2, 0) is 14.4 Å². The Balaban J connectivity index is 1.62. The average Bonchev–Trinajstić information content (AvgIpc) is 3.36. The molecule has 0 aromatic rings. The van der Waals surface area contributed by atoms with Crippen molar-refractivity contribution in [3.05, 3.63) is 0 Å². The summed E-state index contributed by atoms with van der Waals surface area (Å²) in [5, 5.41) is 15.5. The van der Waals surface area contributed by atoms with E-state index in [0.717, 1.165) is 38.5 Å². The number of nitrogens with one attached hydrogen (secondary N) is 2. The zero-order valence-corrected chi connectivity index (χ0v) is 21.3. The lowest BCUT2D eigenvalue weighted by atomic mass is 9.70. The van der Waals surface area contributed by atoms with Gasteiger partial charge in [-0.1, -0.05) is 42.1 Å². The van der Waals surface area contributed by atoms with Gasteiger partial charge in [0.2, 0.25) is 17.7 Å². The molecule has 1 aliphatic carbocycles. The van der Waals surface area contributed by atoms with Gasteiger partial charge in [0.15, 0.2) is 0 Å². The maximum Gasteiger partial charge on any atom is 0.244 e. The number of halogens is 1. The fourth-order valence-electron chi connectivity index (χ4n) is 6.26. The minimum Gasteiger partial charge on any atom is -0.396 e. The van der Waals surface area contributed by atoms with Gasteiger partial charge in [0.1, 0.15) is 6.04 Å². The Morgan fingerprint density at radius 1 is 1.22 bits per heavy atom. The topological polar surface area (TPSA) is 98.7 Å². The van der Waals surface area contributed by atoms with E-state index in [1.54, 1.807) is 16.7 Å². The quantitative estimate of drug-likeness (QED) is 0.314. The molecule has 3 unspecified atom stereocenters. The summed E-state index contributed by atoms with van der Waals surface area (Å²) in [7, 11) is 0. The van der Waals surface area contributed by atoms with Crippen molar-refractivity contribution in [2.45, 2.75) is 91.6 Å². The van der Waals surface area contributed by atoms with Crippen molar-refractivity contribution >= 4 is 45.4 Å². The first kappa shape index (κ1) is 24.3. The van der Waals surface area contributed by atoms with Crippen molar-refractivity contribution in [3.63, 3.8) is 0 Å². The number of hydrogen-bond acceptors (Lipinski definition) is 5. The van der Waals surface area contributed by atoms with Gasteiger partial charge in [0, 0.05) is 35.8 Å². The van der Waals surface area contributed by atoms with E-state index >= 15 is 0 Å². The summed E-state index contributed by atoms with van der Waals surface area (Å²) in [4.78, 5) is 42.4. The van der Waals surface area contributed by atoms with Crippen molar-refractivity contribution in [1.82, 2.24) is 15.5 Å². The van der Waals surface area contributed by atoms with E-state index in [4.69, 9.17) is 0 Å². The smallest absolute Gasteiger partial charge is 0.244 e. The largest absolute Gasteiger partial charge is 0.396 e. The number of alkyl halides is 1. The number of aliphatic hydroxyl groups is 1. The van der Waals surface area contributed by atoms with Gasteiger partial charge in [-0.3, -0.25) is 14.4 Å². The van der Waals surface area contributed by atoms with E-state index in [2.05, 4.69) is 26.6 Å². The second-order valence-corrected chi connectivity index (χ2v) is 12.5. The molecule has 0 radical (unpaired) electrons. The Morgan fingerprint density at radius 3 is 2.66 bits per heavy atom. The Hall–Kier alpha value is -0.800. The van der Waals surface area contributed by atoms with Crippen LogP contribution in [0, 0.1) is 11.8 Å². The molecule has 4 rings (SSSR count).